The zero-order chi connectivity index (χ0) is 24.9. The van der Waals surface area contributed by atoms with E-state index in [1.54, 1.807) is 30.0 Å². The van der Waals surface area contributed by atoms with E-state index < -0.39 is 32.8 Å². The van der Waals surface area contributed by atoms with Gasteiger partial charge in [0.15, 0.2) is 0 Å². The van der Waals surface area contributed by atoms with Gasteiger partial charge in [-0.25, -0.2) is 12.8 Å². The number of nitrogens with zero attached hydrogens (tertiary/aromatic N) is 2. The van der Waals surface area contributed by atoms with Gasteiger partial charge in [-0.15, -0.1) is 0 Å². The molecule has 0 spiro atoms. The molecule has 0 bridgehead atoms. The normalized spacial score (nSPS) is 15.0. The van der Waals surface area contributed by atoms with Crippen LogP contribution in [0, 0.1) is 12.7 Å². The Hall–Kier alpha value is -3.27. The Kier molecular flexibility index (Phi) is 8.03. The average Bonchev–Trinajstić information content (AvgIpc) is 2.82. The van der Waals surface area contributed by atoms with E-state index in [0.29, 0.717) is 18.4 Å². The third-order valence-electron chi connectivity index (χ3n) is 5.74. The molecule has 1 atom stereocenters. The molecule has 1 N–H and O–H groups in total. The third-order valence-corrected chi connectivity index (χ3v) is 7.61. The number of carbonyl (C=O) groups is 3. The van der Waals surface area contributed by atoms with Crippen LogP contribution in [0.1, 0.15) is 35.7 Å². The maximum atomic E-state index is 13.4. The van der Waals surface area contributed by atoms with Crippen LogP contribution in [0.15, 0.2) is 53.4 Å². The van der Waals surface area contributed by atoms with Gasteiger partial charge in [0, 0.05) is 38.2 Å². The monoisotopic (exact) mass is 489 g/mol. The number of carbonyl (C=O) groups excluding carboxylic acids is 3. The lowest BCUT2D eigenvalue weighted by Gasteiger charge is -2.36. The van der Waals surface area contributed by atoms with Crippen molar-refractivity contribution >= 4 is 27.6 Å². The molecule has 8 nitrogen and oxygen atoms in total. The van der Waals surface area contributed by atoms with Crippen molar-refractivity contribution in [3.8, 4) is 0 Å². The van der Waals surface area contributed by atoms with Gasteiger partial charge >= 0.3 is 0 Å². The highest BCUT2D eigenvalue weighted by Gasteiger charge is 2.39. The number of benzene rings is 2. The second kappa shape index (κ2) is 10.8. The van der Waals surface area contributed by atoms with Crippen LogP contribution in [-0.2, 0) is 19.4 Å². The number of hydrogen-bond donors (Lipinski definition) is 1. The van der Waals surface area contributed by atoms with Crippen LogP contribution in [-0.4, -0.2) is 67.5 Å². The summed E-state index contributed by atoms with van der Waals surface area (Å²) in [5, 5.41) is 0.486. The number of halogens is 1. The van der Waals surface area contributed by atoms with E-state index in [1.165, 1.54) is 11.0 Å². The van der Waals surface area contributed by atoms with E-state index in [-0.39, 0.29) is 42.5 Å². The van der Waals surface area contributed by atoms with Gasteiger partial charge in [-0.3, -0.25) is 14.4 Å². The van der Waals surface area contributed by atoms with E-state index in [0.717, 1.165) is 24.3 Å². The van der Waals surface area contributed by atoms with Crippen molar-refractivity contribution in [2.45, 2.75) is 37.0 Å². The van der Waals surface area contributed by atoms with Gasteiger partial charge in [-0.2, -0.15) is 0 Å². The second-order valence-electron chi connectivity index (χ2n) is 8.12. The Morgan fingerprint density at radius 1 is 0.971 bits per heavy atom. The van der Waals surface area contributed by atoms with E-state index in [4.69, 9.17) is 0 Å². The summed E-state index contributed by atoms with van der Waals surface area (Å²) in [6, 6.07) is 10.7. The molecule has 0 radical (unpaired) electrons. The molecule has 1 fully saturated rings. The fourth-order valence-corrected chi connectivity index (χ4v) is 5.24. The number of nitrogens with one attached hydrogen (secondary N) is 1. The zero-order valence-corrected chi connectivity index (χ0v) is 20.0. The lowest BCUT2D eigenvalue weighted by molar-refractivity contribution is -0.139. The molecule has 1 aliphatic heterocycles. The maximum Gasteiger partial charge on any atom is 0.261 e. The lowest BCUT2D eigenvalue weighted by Crippen LogP contribution is -2.57. The minimum absolute atomic E-state index is 0.0158. The highest BCUT2D eigenvalue weighted by Crippen LogP contribution is 2.19. The number of rotatable bonds is 7. The standard InChI is InChI=1S/C24H28FN3O5S/c1-3-6-21(29)27-13-15-28(16-14-27)24(31)23(26-22(30)20-8-5-4-7-17(20)2)34(32,33)19-11-9-18(25)10-12-19/h4-5,7-12,23H,3,6,13-16H2,1-2H3,(H,26,30). The smallest absolute Gasteiger partial charge is 0.261 e. The molecule has 1 aliphatic rings. The zero-order valence-electron chi connectivity index (χ0n) is 19.2. The Bertz CT molecular complexity index is 1160. The minimum Gasteiger partial charge on any atom is -0.339 e. The first-order chi connectivity index (χ1) is 16.1. The topological polar surface area (TPSA) is 104 Å². The molecule has 2 aromatic carbocycles. The minimum atomic E-state index is -4.39. The Morgan fingerprint density at radius 2 is 1.56 bits per heavy atom. The molecule has 0 saturated carbocycles. The molecule has 10 heteroatoms. The van der Waals surface area contributed by atoms with Crippen molar-refractivity contribution in [1.29, 1.82) is 0 Å². The van der Waals surface area contributed by atoms with Gasteiger partial charge < -0.3 is 15.1 Å². The van der Waals surface area contributed by atoms with Crippen LogP contribution < -0.4 is 5.32 Å². The summed E-state index contributed by atoms with van der Waals surface area (Å²) in [6.45, 7) is 4.44. The first-order valence-electron chi connectivity index (χ1n) is 11.1. The molecule has 1 saturated heterocycles. The maximum absolute atomic E-state index is 13.4. The van der Waals surface area contributed by atoms with Crippen molar-refractivity contribution < 1.29 is 27.2 Å². The SMILES string of the molecule is CCCC(=O)N1CCN(C(=O)C(NC(=O)c2ccccc2C)S(=O)(=O)c2ccc(F)cc2)CC1. The summed E-state index contributed by atoms with van der Waals surface area (Å²) in [4.78, 5) is 41.2. The second-order valence-corrected chi connectivity index (χ2v) is 10.2. The highest BCUT2D eigenvalue weighted by molar-refractivity contribution is 7.92. The predicted octanol–water partition coefficient (Wildman–Crippen LogP) is 2.13. The van der Waals surface area contributed by atoms with Crippen molar-refractivity contribution in [1.82, 2.24) is 15.1 Å². The Labute approximate surface area is 198 Å². The number of aryl methyl sites for hydroxylation is 1. The fraction of sp³-hybridized carbons (Fsp3) is 0.375. The first kappa shape index (κ1) is 25.4. The molecule has 34 heavy (non-hydrogen) atoms. The molecule has 1 heterocycles. The molecule has 2 aromatic rings. The Morgan fingerprint density at radius 3 is 2.15 bits per heavy atom. The largest absolute Gasteiger partial charge is 0.339 e. The molecule has 1 unspecified atom stereocenters. The first-order valence-corrected chi connectivity index (χ1v) is 12.6. The molecule has 0 aromatic heterocycles. The van der Waals surface area contributed by atoms with Crippen LogP contribution in [0.5, 0.6) is 0 Å². The van der Waals surface area contributed by atoms with E-state index in [9.17, 15) is 27.2 Å². The molecule has 3 rings (SSSR count). The van der Waals surface area contributed by atoms with Crippen molar-refractivity contribution in [2.75, 3.05) is 26.2 Å². The molecular weight excluding hydrogens is 461 g/mol. The van der Waals surface area contributed by atoms with Crippen LogP contribution >= 0.6 is 0 Å². The van der Waals surface area contributed by atoms with Crippen LogP contribution in [0.4, 0.5) is 4.39 Å². The number of amides is 3. The fourth-order valence-electron chi connectivity index (χ4n) is 3.77. The van der Waals surface area contributed by atoms with Crippen molar-refractivity contribution in [3.05, 3.63) is 65.5 Å². The van der Waals surface area contributed by atoms with Gasteiger partial charge in [-0.05, 0) is 49.2 Å². The summed E-state index contributed by atoms with van der Waals surface area (Å²) in [5.41, 5.74) is 0.859. The predicted molar refractivity (Wildman–Crippen MR) is 124 cm³/mol. The molecular formula is C24H28FN3O5S. The number of sulfone groups is 1. The van der Waals surface area contributed by atoms with Crippen LogP contribution in [0.25, 0.3) is 0 Å². The van der Waals surface area contributed by atoms with Gasteiger partial charge in [0.1, 0.15) is 5.82 Å². The van der Waals surface area contributed by atoms with Gasteiger partial charge in [-0.1, -0.05) is 25.1 Å². The molecule has 182 valence electrons. The van der Waals surface area contributed by atoms with Crippen molar-refractivity contribution in [2.24, 2.45) is 0 Å². The Balaban J connectivity index is 1.88. The van der Waals surface area contributed by atoms with E-state index in [2.05, 4.69) is 5.32 Å². The molecule has 3 amide bonds. The van der Waals surface area contributed by atoms with E-state index in [1.807, 2.05) is 6.92 Å². The van der Waals surface area contributed by atoms with Crippen LogP contribution in [0.3, 0.4) is 0 Å². The summed E-state index contributed by atoms with van der Waals surface area (Å²) in [7, 11) is -4.39. The number of hydrogen-bond acceptors (Lipinski definition) is 5. The van der Waals surface area contributed by atoms with Gasteiger partial charge in [0.25, 0.3) is 11.8 Å². The third kappa shape index (κ3) is 5.61. The summed E-state index contributed by atoms with van der Waals surface area (Å²) >= 11 is 0. The summed E-state index contributed by atoms with van der Waals surface area (Å²) < 4.78 is 40.2. The van der Waals surface area contributed by atoms with Crippen molar-refractivity contribution in [3.63, 3.8) is 0 Å². The van der Waals surface area contributed by atoms with Crippen LogP contribution in [0.2, 0.25) is 0 Å². The average molecular weight is 490 g/mol. The number of piperazine rings is 1. The highest BCUT2D eigenvalue weighted by atomic mass is 32.2. The molecule has 0 aliphatic carbocycles. The lowest BCUT2D eigenvalue weighted by atomic mass is 10.1. The summed E-state index contributed by atoms with van der Waals surface area (Å²) in [6.07, 6.45) is 1.11. The van der Waals surface area contributed by atoms with Gasteiger partial charge in [0.05, 0.1) is 4.90 Å². The quantitative estimate of drug-likeness (QED) is 0.600. The van der Waals surface area contributed by atoms with E-state index >= 15 is 0 Å². The summed E-state index contributed by atoms with van der Waals surface area (Å²) in [5.74, 6) is -2.15. The van der Waals surface area contributed by atoms with Gasteiger partial charge in [0.2, 0.25) is 21.1 Å².